The summed E-state index contributed by atoms with van der Waals surface area (Å²) in [4.78, 5) is 19.5. The largest absolute Gasteiger partial charge is 0.464 e. The zero-order valence-electron chi connectivity index (χ0n) is 12.1. The molecule has 110 valence electrons. The summed E-state index contributed by atoms with van der Waals surface area (Å²) in [5.41, 5.74) is 1.81. The molecule has 0 spiro atoms. The molecule has 0 atom stereocenters. The monoisotopic (exact) mass is 278 g/mol. The van der Waals surface area contributed by atoms with Crippen LogP contribution in [0.15, 0.2) is 49.6 Å². The molecule has 0 heterocycles. The van der Waals surface area contributed by atoms with Crippen molar-refractivity contribution in [1.29, 1.82) is 0 Å². The highest BCUT2D eigenvalue weighted by molar-refractivity contribution is 5.76. The minimum absolute atomic E-state index is 0.309. The molecule has 0 fully saturated rings. The number of rotatable bonds is 6. The Hall–Kier alpha value is -2.20. The predicted molar refractivity (Wildman–Crippen MR) is 80.9 cm³/mol. The highest BCUT2D eigenvalue weighted by Gasteiger charge is 1.90. The molecule has 4 nitrogen and oxygen atoms in total. The van der Waals surface area contributed by atoms with Crippen molar-refractivity contribution in [2.24, 2.45) is 0 Å². The summed E-state index contributed by atoms with van der Waals surface area (Å²) in [7, 11) is 1.64. The fourth-order valence-corrected chi connectivity index (χ4v) is 0.944. The molecule has 20 heavy (non-hydrogen) atoms. The van der Waals surface area contributed by atoms with Gasteiger partial charge in [0.05, 0.1) is 6.61 Å². The first kappa shape index (κ1) is 20.1. The molecule has 4 heteroatoms. The average Bonchev–Trinajstić information content (AvgIpc) is 2.48. The molecule has 0 saturated carbocycles. The second kappa shape index (κ2) is 16.8. The van der Waals surface area contributed by atoms with Crippen molar-refractivity contribution in [3.05, 3.63) is 60.7 Å². The van der Waals surface area contributed by atoms with Crippen LogP contribution < -0.4 is 0 Å². The van der Waals surface area contributed by atoms with E-state index in [-0.39, 0.29) is 0 Å². The van der Waals surface area contributed by atoms with E-state index in [4.69, 9.17) is 0 Å². The summed E-state index contributed by atoms with van der Waals surface area (Å²) < 4.78 is 8.76. The van der Waals surface area contributed by atoms with Crippen LogP contribution in [0.3, 0.4) is 0 Å². The molecule has 1 aromatic carbocycles. The van der Waals surface area contributed by atoms with Gasteiger partial charge in [0, 0.05) is 12.7 Å². The van der Waals surface area contributed by atoms with Crippen molar-refractivity contribution in [1.82, 2.24) is 0 Å². The molecular formula is C16H22O4. The molecular weight excluding hydrogens is 256 g/mol. The van der Waals surface area contributed by atoms with E-state index in [1.165, 1.54) is 6.08 Å². The predicted octanol–water partition coefficient (Wildman–Crippen LogP) is 2.97. The number of aryl methyl sites for hydroxylation is 1. The molecule has 0 saturated heterocycles. The van der Waals surface area contributed by atoms with Gasteiger partial charge in [-0.25, -0.2) is 0 Å². The normalized spacial score (nSPS) is 7.90. The molecule has 0 aliphatic carbocycles. The van der Waals surface area contributed by atoms with E-state index < -0.39 is 0 Å². The Morgan fingerprint density at radius 3 is 1.95 bits per heavy atom. The van der Waals surface area contributed by atoms with Crippen molar-refractivity contribution in [3.8, 4) is 0 Å². The van der Waals surface area contributed by atoms with Crippen molar-refractivity contribution < 1.29 is 19.1 Å². The van der Waals surface area contributed by atoms with Gasteiger partial charge < -0.3 is 9.47 Å². The Bertz CT molecular complexity index is 378. The Balaban J connectivity index is 0. The van der Waals surface area contributed by atoms with Crippen LogP contribution in [0.1, 0.15) is 15.9 Å². The Morgan fingerprint density at radius 2 is 1.70 bits per heavy atom. The molecule has 0 N–H and O–H groups in total. The second-order valence-electron chi connectivity index (χ2n) is 3.44. The van der Waals surface area contributed by atoms with Crippen molar-refractivity contribution in [2.45, 2.75) is 6.92 Å². The second-order valence-corrected chi connectivity index (χ2v) is 3.44. The first-order valence-corrected chi connectivity index (χ1v) is 5.94. The topological polar surface area (TPSA) is 52.6 Å². The molecule has 0 aliphatic heterocycles. The van der Waals surface area contributed by atoms with Crippen LogP contribution in [0.4, 0.5) is 0 Å². The van der Waals surface area contributed by atoms with E-state index in [2.05, 4.69) is 22.6 Å². The lowest BCUT2D eigenvalue weighted by Gasteiger charge is -1.92. The summed E-state index contributed by atoms with van der Waals surface area (Å²) in [5, 5.41) is 0. The zero-order chi connectivity index (χ0) is 15.6. The fourth-order valence-electron chi connectivity index (χ4n) is 0.944. The van der Waals surface area contributed by atoms with E-state index in [1.54, 1.807) is 13.2 Å². The summed E-state index contributed by atoms with van der Waals surface area (Å²) >= 11 is 0. The van der Waals surface area contributed by atoms with Gasteiger partial charge in [0.2, 0.25) is 0 Å². The minimum Gasteiger partial charge on any atom is -0.464 e. The van der Waals surface area contributed by atoms with Gasteiger partial charge in [-0.1, -0.05) is 43.0 Å². The van der Waals surface area contributed by atoms with Crippen LogP contribution in [-0.4, -0.2) is 33.1 Å². The summed E-state index contributed by atoms with van der Waals surface area (Å²) in [6.45, 7) is 10.0. The molecule has 0 radical (unpaired) electrons. The summed E-state index contributed by atoms with van der Waals surface area (Å²) in [5.74, 6) is 0. The maximum absolute atomic E-state index is 10.2. The van der Waals surface area contributed by atoms with Crippen molar-refractivity contribution in [2.75, 3.05) is 20.3 Å². The van der Waals surface area contributed by atoms with Gasteiger partial charge in [0.25, 0.3) is 6.47 Å². The molecule has 1 aromatic rings. The number of ether oxygens (including phenoxy) is 2. The van der Waals surface area contributed by atoms with Crippen molar-refractivity contribution >= 4 is 12.8 Å². The molecule has 0 aromatic heterocycles. The third kappa shape index (κ3) is 13.9. The van der Waals surface area contributed by atoms with Crippen LogP contribution in [0.5, 0.6) is 0 Å². The van der Waals surface area contributed by atoms with E-state index in [0.717, 1.165) is 17.4 Å². The molecule has 0 unspecified atom stereocenters. The van der Waals surface area contributed by atoms with Gasteiger partial charge in [-0.15, -0.1) is 6.58 Å². The Labute approximate surface area is 120 Å². The fraction of sp³-hybridized carbons (Fsp3) is 0.250. The Morgan fingerprint density at radius 1 is 1.10 bits per heavy atom. The standard InChI is InChI=1S/C8H8O.C4H6O2.C4H8O/c1-7-4-2-3-5-8(7)6-9;1-2-3-6-4-5;1-3-4-5-2/h2-6H,1H3;2,4H,1,3H2;3H,1,4H2,2H3. The van der Waals surface area contributed by atoms with Gasteiger partial charge in [-0.2, -0.15) is 0 Å². The zero-order valence-corrected chi connectivity index (χ0v) is 12.1. The summed E-state index contributed by atoms with van der Waals surface area (Å²) in [6, 6.07) is 7.51. The van der Waals surface area contributed by atoms with Gasteiger partial charge in [-0.05, 0) is 12.5 Å². The number of carbonyl (C=O) groups is 2. The number of benzene rings is 1. The lowest BCUT2D eigenvalue weighted by molar-refractivity contribution is -0.127. The van der Waals surface area contributed by atoms with Crippen LogP contribution in [0.25, 0.3) is 0 Å². The van der Waals surface area contributed by atoms with Gasteiger partial charge in [-0.3, -0.25) is 9.59 Å². The van der Waals surface area contributed by atoms with Gasteiger partial charge in [0.15, 0.2) is 0 Å². The van der Waals surface area contributed by atoms with Crippen molar-refractivity contribution in [3.63, 3.8) is 0 Å². The molecule has 0 amide bonds. The van der Waals surface area contributed by atoms with Gasteiger partial charge in [0.1, 0.15) is 12.9 Å². The first-order valence-electron chi connectivity index (χ1n) is 5.94. The Kier molecular flexibility index (Phi) is 16.9. The number of aldehydes is 1. The van der Waals surface area contributed by atoms with Crippen LogP contribution in [-0.2, 0) is 14.3 Å². The lowest BCUT2D eigenvalue weighted by atomic mass is 10.1. The van der Waals surface area contributed by atoms with Crippen LogP contribution in [0, 0.1) is 6.92 Å². The van der Waals surface area contributed by atoms with Gasteiger partial charge >= 0.3 is 0 Å². The smallest absolute Gasteiger partial charge is 0.293 e. The quantitative estimate of drug-likeness (QED) is 0.456. The highest BCUT2D eigenvalue weighted by Crippen LogP contribution is 2.02. The van der Waals surface area contributed by atoms with E-state index in [0.29, 0.717) is 19.7 Å². The maximum Gasteiger partial charge on any atom is 0.293 e. The minimum atomic E-state index is 0.309. The molecule has 1 rings (SSSR count). The van der Waals surface area contributed by atoms with E-state index in [1.807, 2.05) is 31.2 Å². The van der Waals surface area contributed by atoms with E-state index >= 15 is 0 Å². The highest BCUT2D eigenvalue weighted by atomic mass is 16.5. The van der Waals surface area contributed by atoms with Crippen LogP contribution >= 0.6 is 0 Å². The van der Waals surface area contributed by atoms with Crippen LogP contribution in [0.2, 0.25) is 0 Å². The third-order valence-electron chi connectivity index (χ3n) is 1.88. The molecule has 0 aliphatic rings. The first-order chi connectivity index (χ1) is 9.67. The average molecular weight is 278 g/mol. The molecule has 0 bridgehead atoms. The SMILES string of the molecule is C=CCOC.C=CCOC=O.Cc1ccccc1C=O. The number of methoxy groups -OCH3 is 1. The number of carbonyl (C=O) groups excluding carboxylic acids is 2. The lowest BCUT2D eigenvalue weighted by Crippen LogP contribution is -1.83. The number of hydrogen-bond acceptors (Lipinski definition) is 4. The third-order valence-corrected chi connectivity index (χ3v) is 1.88. The summed E-state index contributed by atoms with van der Waals surface area (Å²) in [6.07, 6.45) is 4.09. The number of hydrogen-bond donors (Lipinski definition) is 0. The van der Waals surface area contributed by atoms with E-state index in [9.17, 15) is 9.59 Å². The maximum atomic E-state index is 10.2.